The maximum Gasteiger partial charge on any atom is 0.302 e. The van der Waals surface area contributed by atoms with Gasteiger partial charge in [0.2, 0.25) is 0 Å². The molecule has 1 saturated carbocycles. The highest BCUT2D eigenvalue weighted by atomic mass is 16.5. The van der Waals surface area contributed by atoms with E-state index < -0.39 is 0 Å². The van der Waals surface area contributed by atoms with Crippen molar-refractivity contribution in [1.29, 1.82) is 0 Å². The van der Waals surface area contributed by atoms with Gasteiger partial charge in [0.25, 0.3) is 0 Å². The van der Waals surface area contributed by atoms with Crippen LogP contribution in [0.4, 0.5) is 0 Å². The topological polar surface area (TPSA) is 60.4 Å². The number of esters is 1. The first kappa shape index (κ1) is 15.9. The number of hydrogen-bond acceptors (Lipinski definition) is 4. The van der Waals surface area contributed by atoms with Crippen LogP contribution in [0.1, 0.15) is 47.0 Å². The van der Waals surface area contributed by atoms with Crippen LogP contribution < -0.4 is 0 Å². The van der Waals surface area contributed by atoms with Crippen LogP contribution >= 0.6 is 0 Å². The summed E-state index contributed by atoms with van der Waals surface area (Å²) in [7, 11) is 0. The van der Waals surface area contributed by atoms with Crippen molar-refractivity contribution in [2.45, 2.75) is 53.1 Å². The van der Waals surface area contributed by atoms with Crippen molar-refractivity contribution >= 4 is 18.5 Å². The van der Waals surface area contributed by atoms with Crippen LogP contribution in [0.15, 0.2) is 11.6 Å². The number of fused-ring (bicyclic) bond motifs is 1. The lowest BCUT2D eigenvalue weighted by Gasteiger charge is -2.57. The number of ether oxygens (including phenoxy) is 1. The van der Waals surface area contributed by atoms with E-state index >= 15 is 0 Å². The highest BCUT2D eigenvalue weighted by Crippen LogP contribution is 2.59. The summed E-state index contributed by atoms with van der Waals surface area (Å²) in [5.74, 6) is -0.406. The number of hydrogen-bond donors (Lipinski definition) is 0. The van der Waals surface area contributed by atoms with Gasteiger partial charge in [0.05, 0.1) is 0 Å². The Labute approximate surface area is 125 Å². The maximum absolute atomic E-state index is 11.6. The van der Waals surface area contributed by atoms with Crippen molar-refractivity contribution in [3.63, 3.8) is 0 Å². The number of carbonyl (C=O) groups is 3. The summed E-state index contributed by atoms with van der Waals surface area (Å²) in [6.45, 7) is 7.73. The zero-order valence-corrected chi connectivity index (χ0v) is 13.2. The first-order valence-corrected chi connectivity index (χ1v) is 7.55. The van der Waals surface area contributed by atoms with Crippen molar-refractivity contribution in [2.75, 3.05) is 0 Å². The van der Waals surface area contributed by atoms with Crippen LogP contribution in [0, 0.1) is 22.7 Å². The van der Waals surface area contributed by atoms with Gasteiger partial charge in [0.15, 0.2) is 0 Å². The Kier molecular flexibility index (Phi) is 4.09. The maximum atomic E-state index is 11.6. The first-order chi connectivity index (χ1) is 9.77. The molecule has 0 N–H and O–H groups in total. The van der Waals surface area contributed by atoms with Gasteiger partial charge in [0.1, 0.15) is 18.7 Å². The van der Waals surface area contributed by atoms with Crippen molar-refractivity contribution in [3.8, 4) is 0 Å². The van der Waals surface area contributed by atoms with Gasteiger partial charge in [0, 0.05) is 18.3 Å². The molecule has 21 heavy (non-hydrogen) atoms. The van der Waals surface area contributed by atoms with Crippen molar-refractivity contribution in [3.05, 3.63) is 11.6 Å². The van der Waals surface area contributed by atoms with Gasteiger partial charge < -0.3 is 9.53 Å². The normalized spacial score (nSPS) is 37.9. The molecule has 0 aliphatic heterocycles. The van der Waals surface area contributed by atoms with E-state index in [-0.39, 0.29) is 34.7 Å². The number of carbonyl (C=O) groups excluding carboxylic acids is 3. The average Bonchev–Trinajstić information content (AvgIpc) is 2.40. The molecule has 4 heteroatoms. The number of aldehydes is 2. The van der Waals surface area contributed by atoms with Crippen LogP contribution in [0.3, 0.4) is 0 Å². The Balaban J connectivity index is 2.40. The predicted molar refractivity (Wildman–Crippen MR) is 78.5 cm³/mol. The molecule has 4 nitrogen and oxygen atoms in total. The molecule has 4 unspecified atom stereocenters. The summed E-state index contributed by atoms with van der Waals surface area (Å²) in [5.41, 5.74) is 0.142. The summed E-state index contributed by atoms with van der Waals surface area (Å²) < 4.78 is 5.51. The van der Waals surface area contributed by atoms with Crippen LogP contribution in [0.5, 0.6) is 0 Å². The molecule has 0 aromatic heterocycles. The van der Waals surface area contributed by atoms with Gasteiger partial charge in [-0.2, -0.15) is 0 Å². The molecule has 2 aliphatic carbocycles. The van der Waals surface area contributed by atoms with Crippen molar-refractivity contribution in [2.24, 2.45) is 22.7 Å². The van der Waals surface area contributed by atoms with Crippen LogP contribution in [0.25, 0.3) is 0 Å². The Morgan fingerprint density at radius 3 is 2.52 bits per heavy atom. The lowest BCUT2D eigenvalue weighted by Crippen LogP contribution is -2.55. The van der Waals surface area contributed by atoms with E-state index in [1.807, 2.05) is 6.08 Å². The van der Waals surface area contributed by atoms with Crippen molar-refractivity contribution in [1.82, 2.24) is 0 Å². The Morgan fingerprint density at radius 1 is 1.33 bits per heavy atom. The summed E-state index contributed by atoms with van der Waals surface area (Å²) in [4.78, 5) is 34.1. The number of rotatable bonds is 3. The molecule has 0 bridgehead atoms. The van der Waals surface area contributed by atoms with E-state index in [2.05, 4.69) is 20.8 Å². The molecule has 0 spiro atoms. The molecule has 4 atom stereocenters. The van der Waals surface area contributed by atoms with E-state index in [1.165, 1.54) is 6.92 Å². The molecule has 116 valence electrons. The molecule has 0 radical (unpaired) electrons. The fraction of sp³-hybridized carbons (Fsp3) is 0.706. The second kappa shape index (κ2) is 5.39. The molecule has 2 rings (SSSR count). The molecular formula is C17H24O4. The molecule has 0 amide bonds. The third-order valence-electron chi connectivity index (χ3n) is 5.71. The van der Waals surface area contributed by atoms with E-state index in [9.17, 15) is 14.4 Å². The Morgan fingerprint density at radius 2 is 2.00 bits per heavy atom. The van der Waals surface area contributed by atoms with Gasteiger partial charge in [-0.15, -0.1) is 0 Å². The molecule has 1 fully saturated rings. The third-order valence-corrected chi connectivity index (χ3v) is 5.71. The molecule has 2 aliphatic rings. The van der Waals surface area contributed by atoms with Gasteiger partial charge in [-0.3, -0.25) is 9.59 Å². The lowest BCUT2D eigenvalue weighted by molar-refractivity contribution is -0.172. The fourth-order valence-electron chi connectivity index (χ4n) is 4.54. The summed E-state index contributed by atoms with van der Waals surface area (Å²) in [6, 6.07) is 0. The smallest absolute Gasteiger partial charge is 0.302 e. The van der Waals surface area contributed by atoms with Crippen LogP contribution in [-0.4, -0.2) is 24.6 Å². The fourth-order valence-corrected chi connectivity index (χ4v) is 4.54. The summed E-state index contributed by atoms with van der Waals surface area (Å²) in [5, 5.41) is 0. The largest absolute Gasteiger partial charge is 0.462 e. The summed E-state index contributed by atoms with van der Waals surface area (Å²) >= 11 is 0. The second-order valence-corrected chi connectivity index (χ2v) is 7.19. The second-order valence-electron chi connectivity index (χ2n) is 7.19. The predicted octanol–water partition coefficient (Wildman–Crippen LogP) is 2.70. The average molecular weight is 292 g/mol. The SMILES string of the molecule is CC(=O)OC1CCC2(C)C(C=O)C(C=O)=CCC2C1(C)C. The summed E-state index contributed by atoms with van der Waals surface area (Å²) in [6.07, 6.45) is 5.74. The minimum absolute atomic E-state index is 0.133. The zero-order chi connectivity index (χ0) is 15.8. The Hall–Kier alpha value is -1.45. The van der Waals surface area contributed by atoms with E-state index in [4.69, 9.17) is 4.74 Å². The minimum atomic E-state index is -0.355. The highest BCUT2D eigenvalue weighted by Gasteiger charge is 2.56. The molecule has 0 aromatic carbocycles. The number of allylic oxidation sites excluding steroid dienone is 2. The Bertz CT molecular complexity index is 491. The zero-order valence-electron chi connectivity index (χ0n) is 13.2. The van der Waals surface area contributed by atoms with Gasteiger partial charge in [-0.1, -0.05) is 26.8 Å². The third kappa shape index (κ3) is 2.45. The van der Waals surface area contributed by atoms with E-state index in [1.54, 1.807) is 0 Å². The first-order valence-electron chi connectivity index (χ1n) is 7.55. The van der Waals surface area contributed by atoms with Gasteiger partial charge in [-0.05, 0) is 36.2 Å². The van der Waals surface area contributed by atoms with Gasteiger partial charge in [-0.25, -0.2) is 0 Å². The monoisotopic (exact) mass is 292 g/mol. The lowest BCUT2D eigenvalue weighted by atomic mass is 9.48. The van der Waals surface area contributed by atoms with Crippen molar-refractivity contribution < 1.29 is 19.1 Å². The van der Waals surface area contributed by atoms with E-state index in [0.29, 0.717) is 5.57 Å². The van der Waals surface area contributed by atoms with Gasteiger partial charge >= 0.3 is 5.97 Å². The molecule has 0 heterocycles. The van der Waals surface area contributed by atoms with E-state index in [0.717, 1.165) is 31.8 Å². The van der Waals surface area contributed by atoms with Crippen LogP contribution in [-0.2, 0) is 19.1 Å². The molecular weight excluding hydrogens is 268 g/mol. The quantitative estimate of drug-likeness (QED) is 0.593. The van der Waals surface area contributed by atoms with Crippen LogP contribution in [0.2, 0.25) is 0 Å². The standard InChI is InChI=1S/C17H24O4/c1-11(20)21-15-7-8-17(4)13(10-19)12(9-18)5-6-14(17)16(15,2)3/h5,9-10,13-15H,6-8H2,1-4H3. The molecule has 0 saturated heterocycles. The minimum Gasteiger partial charge on any atom is -0.462 e. The highest BCUT2D eigenvalue weighted by molar-refractivity contribution is 5.82. The molecule has 0 aromatic rings.